The molecule has 0 saturated carbocycles. The van der Waals surface area contributed by atoms with Crippen molar-refractivity contribution < 1.29 is 4.52 Å². The van der Waals surface area contributed by atoms with Crippen LogP contribution in [-0.2, 0) is 0 Å². The summed E-state index contributed by atoms with van der Waals surface area (Å²) >= 11 is 5.76. The molecule has 0 radical (unpaired) electrons. The molecule has 4 nitrogen and oxygen atoms in total. The summed E-state index contributed by atoms with van der Waals surface area (Å²) < 4.78 is 5.12. The molecule has 2 aromatic heterocycles. The Morgan fingerprint density at radius 1 is 1.40 bits per heavy atom. The number of pyridine rings is 1. The van der Waals surface area contributed by atoms with Crippen LogP contribution in [0.3, 0.4) is 0 Å². The van der Waals surface area contributed by atoms with Crippen molar-refractivity contribution in [3.63, 3.8) is 0 Å². The molecule has 0 spiro atoms. The second-order valence-corrected chi connectivity index (χ2v) is 3.87. The first kappa shape index (κ1) is 10.1. The van der Waals surface area contributed by atoms with Crippen LogP contribution in [0.5, 0.6) is 0 Å². The maximum absolute atomic E-state index is 5.76. The summed E-state index contributed by atoms with van der Waals surface area (Å²) in [7, 11) is 0. The van der Waals surface area contributed by atoms with Gasteiger partial charge in [0.15, 0.2) is 5.82 Å². The first-order valence-electron chi connectivity index (χ1n) is 4.62. The summed E-state index contributed by atoms with van der Waals surface area (Å²) in [5, 5.41) is 4.29. The molecule has 0 amide bonds. The first-order valence-corrected chi connectivity index (χ1v) is 5.00. The van der Waals surface area contributed by atoms with Crippen molar-refractivity contribution in [2.75, 3.05) is 0 Å². The highest BCUT2D eigenvalue weighted by Gasteiger charge is 2.11. The Bertz CT molecular complexity index is 467. The lowest BCUT2D eigenvalue weighted by atomic mass is 10.2. The van der Waals surface area contributed by atoms with E-state index in [1.165, 1.54) is 0 Å². The molecule has 5 heteroatoms. The topological polar surface area (TPSA) is 51.8 Å². The van der Waals surface area contributed by atoms with Crippen LogP contribution in [-0.4, -0.2) is 15.1 Å². The zero-order valence-electron chi connectivity index (χ0n) is 8.44. The van der Waals surface area contributed by atoms with Gasteiger partial charge in [0.25, 0.3) is 5.89 Å². The first-order chi connectivity index (χ1) is 7.16. The van der Waals surface area contributed by atoms with Gasteiger partial charge in [0, 0.05) is 17.7 Å². The highest BCUT2D eigenvalue weighted by molar-refractivity contribution is 6.29. The fourth-order valence-electron chi connectivity index (χ4n) is 1.12. The minimum absolute atomic E-state index is 0.250. The van der Waals surface area contributed by atoms with Gasteiger partial charge in [-0.2, -0.15) is 4.98 Å². The smallest absolute Gasteiger partial charge is 0.258 e. The third-order valence-corrected chi connectivity index (χ3v) is 2.14. The van der Waals surface area contributed by atoms with Crippen molar-refractivity contribution >= 4 is 11.6 Å². The van der Waals surface area contributed by atoms with Gasteiger partial charge in [-0.3, -0.25) is 0 Å². The van der Waals surface area contributed by atoms with Gasteiger partial charge in [-0.15, -0.1) is 0 Å². The monoisotopic (exact) mass is 223 g/mol. The summed E-state index contributed by atoms with van der Waals surface area (Å²) in [6, 6.07) is 3.47. The van der Waals surface area contributed by atoms with Crippen LogP contribution in [0.25, 0.3) is 11.5 Å². The highest BCUT2D eigenvalue weighted by atomic mass is 35.5. The fourth-order valence-corrected chi connectivity index (χ4v) is 1.30. The molecular formula is C10H10ClN3O. The summed E-state index contributed by atoms with van der Waals surface area (Å²) in [6.07, 6.45) is 1.61. The number of nitrogens with zero attached hydrogens (tertiary/aromatic N) is 3. The van der Waals surface area contributed by atoms with Crippen LogP contribution in [0.1, 0.15) is 25.6 Å². The molecule has 0 unspecified atom stereocenters. The van der Waals surface area contributed by atoms with Crippen LogP contribution in [0.15, 0.2) is 22.9 Å². The average molecular weight is 224 g/mol. The summed E-state index contributed by atoms with van der Waals surface area (Å²) in [5.74, 6) is 1.42. The Hall–Kier alpha value is -1.42. The van der Waals surface area contributed by atoms with Gasteiger partial charge in [0.05, 0.1) is 0 Å². The SMILES string of the molecule is CC(C)c1noc(-c2ccnc(Cl)c2)n1. The van der Waals surface area contributed by atoms with E-state index in [2.05, 4.69) is 15.1 Å². The third-order valence-electron chi connectivity index (χ3n) is 1.93. The largest absolute Gasteiger partial charge is 0.334 e. The number of rotatable bonds is 2. The van der Waals surface area contributed by atoms with Crippen molar-refractivity contribution in [1.82, 2.24) is 15.1 Å². The Kier molecular flexibility index (Phi) is 2.68. The molecule has 2 heterocycles. The lowest BCUT2D eigenvalue weighted by molar-refractivity contribution is 0.419. The van der Waals surface area contributed by atoms with E-state index in [9.17, 15) is 0 Å². The van der Waals surface area contributed by atoms with Crippen LogP contribution in [0.2, 0.25) is 5.15 Å². The van der Waals surface area contributed by atoms with Crippen molar-refractivity contribution in [3.8, 4) is 11.5 Å². The molecule has 78 valence electrons. The van der Waals surface area contributed by atoms with E-state index in [1.54, 1.807) is 18.3 Å². The molecule has 2 aromatic rings. The van der Waals surface area contributed by atoms with E-state index < -0.39 is 0 Å². The number of aromatic nitrogens is 3. The summed E-state index contributed by atoms with van der Waals surface area (Å²) in [6.45, 7) is 4.02. The molecule has 0 aliphatic rings. The molecule has 0 aromatic carbocycles. The minimum Gasteiger partial charge on any atom is -0.334 e. The van der Waals surface area contributed by atoms with E-state index >= 15 is 0 Å². The summed E-state index contributed by atoms with van der Waals surface area (Å²) in [5.41, 5.74) is 0.786. The van der Waals surface area contributed by atoms with Crippen LogP contribution in [0.4, 0.5) is 0 Å². The maximum atomic E-state index is 5.76. The van der Waals surface area contributed by atoms with Gasteiger partial charge in [0.2, 0.25) is 0 Å². The molecule has 2 rings (SSSR count). The molecule has 0 atom stereocenters. The van der Waals surface area contributed by atoms with Gasteiger partial charge in [0.1, 0.15) is 5.15 Å². The summed E-state index contributed by atoms with van der Waals surface area (Å²) in [4.78, 5) is 8.14. The Balaban J connectivity index is 2.37. The second kappa shape index (κ2) is 3.98. The minimum atomic E-state index is 0.250. The van der Waals surface area contributed by atoms with Crippen LogP contribution >= 0.6 is 11.6 Å². The normalized spacial score (nSPS) is 10.9. The number of hydrogen-bond acceptors (Lipinski definition) is 4. The van der Waals surface area contributed by atoms with Gasteiger partial charge in [-0.1, -0.05) is 30.6 Å². The molecule has 15 heavy (non-hydrogen) atoms. The Morgan fingerprint density at radius 2 is 2.20 bits per heavy atom. The Labute approximate surface area is 92.3 Å². The number of hydrogen-bond donors (Lipinski definition) is 0. The standard InChI is InChI=1S/C10H10ClN3O/c1-6(2)9-13-10(15-14-9)7-3-4-12-8(11)5-7/h3-6H,1-2H3. The average Bonchev–Trinajstić information content (AvgIpc) is 2.66. The van der Waals surface area contributed by atoms with E-state index in [1.807, 2.05) is 13.8 Å². The van der Waals surface area contributed by atoms with E-state index in [4.69, 9.17) is 16.1 Å². The van der Waals surface area contributed by atoms with Crippen LogP contribution in [0, 0.1) is 0 Å². The van der Waals surface area contributed by atoms with E-state index in [0.717, 1.165) is 5.56 Å². The fraction of sp³-hybridized carbons (Fsp3) is 0.300. The molecule has 0 aliphatic carbocycles. The lowest BCUT2D eigenvalue weighted by Gasteiger charge is -1.94. The third kappa shape index (κ3) is 2.15. The predicted molar refractivity (Wildman–Crippen MR) is 56.6 cm³/mol. The molecule has 0 aliphatic heterocycles. The Morgan fingerprint density at radius 3 is 2.80 bits per heavy atom. The molecule has 0 N–H and O–H groups in total. The van der Waals surface area contributed by atoms with Gasteiger partial charge in [-0.05, 0) is 12.1 Å². The molecule has 0 fully saturated rings. The van der Waals surface area contributed by atoms with E-state index in [0.29, 0.717) is 16.9 Å². The van der Waals surface area contributed by atoms with Gasteiger partial charge in [-0.25, -0.2) is 4.98 Å². The number of halogens is 1. The van der Waals surface area contributed by atoms with Gasteiger partial charge < -0.3 is 4.52 Å². The van der Waals surface area contributed by atoms with Crippen molar-refractivity contribution in [2.45, 2.75) is 19.8 Å². The van der Waals surface area contributed by atoms with Crippen molar-refractivity contribution in [3.05, 3.63) is 29.3 Å². The molecule has 0 saturated heterocycles. The van der Waals surface area contributed by atoms with Gasteiger partial charge >= 0.3 is 0 Å². The predicted octanol–water partition coefficient (Wildman–Crippen LogP) is 2.91. The van der Waals surface area contributed by atoms with Crippen molar-refractivity contribution in [1.29, 1.82) is 0 Å². The van der Waals surface area contributed by atoms with E-state index in [-0.39, 0.29) is 5.92 Å². The van der Waals surface area contributed by atoms with Crippen molar-refractivity contribution in [2.24, 2.45) is 0 Å². The maximum Gasteiger partial charge on any atom is 0.258 e. The van der Waals surface area contributed by atoms with Crippen LogP contribution < -0.4 is 0 Å². The molecule has 0 bridgehead atoms. The second-order valence-electron chi connectivity index (χ2n) is 3.48. The zero-order valence-corrected chi connectivity index (χ0v) is 9.19. The highest BCUT2D eigenvalue weighted by Crippen LogP contribution is 2.21. The zero-order chi connectivity index (χ0) is 10.8. The molecular weight excluding hydrogens is 214 g/mol. The quantitative estimate of drug-likeness (QED) is 0.735. The lowest BCUT2D eigenvalue weighted by Crippen LogP contribution is -1.89.